The first kappa shape index (κ1) is 17.4. The lowest BCUT2D eigenvalue weighted by Crippen LogP contribution is -2.45. The van der Waals surface area contributed by atoms with Gasteiger partial charge in [0.1, 0.15) is 12.0 Å². The molecule has 1 atom stereocenters. The average molecular weight is 385 g/mol. The van der Waals surface area contributed by atoms with Gasteiger partial charge in [-0.2, -0.15) is 0 Å². The van der Waals surface area contributed by atoms with Crippen molar-refractivity contribution in [3.63, 3.8) is 0 Å². The number of carbonyl (C=O) groups is 1. The molecule has 5 rings (SSSR count). The van der Waals surface area contributed by atoms with Crippen molar-refractivity contribution in [3.05, 3.63) is 90.3 Å². The van der Waals surface area contributed by atoms with Gasteiger partial charge in [-0.3, -0.25) is 9.78 Å². The second-order valence-electron chi connectivity index (χ2n) is 6.99. The monoisotopic (exact) mass is 385 g/mol. The third-order valence-corrected chi connectivity index (χ3v) is 5.17. The van der Waals surface area contributed by atoms with Crippen molar-refractivity contribution >= 4 is 16.8 Å². The summed E-state index contributed by atoms with van der Waals surface area (Å²) in [6, 6.07) is 19.7. The topological polar surface area (TPSA) is 68.5 Å². The second kappa shape index (κ2) is 7.39. The number of fused-ring (bicyclic) bond motifs is 1. The minimum atomic E-state index is -0.114. The van der Waals surface area contributed by atoms with Crippen LogP contribution in [0.5, 0.6) is 5.75 Å². The van der Waals surface area contributed by atoms with Crippen molar-refractivity contribution in [1.82, 2.24) is 14.9 Å². The van der Waals surface area contributed by atoms with Crippen molar-refractivity contribution < 1.29 is 13.9 Å². The highest BCUT2D eigenvalue weighted by molar-refractivity contribution is 5.92. The first-order chi connectivity index (χ1) is 14.3. The molecule has 4 aromatic rings. The second-order valence-corrected chi connectivity index (χ2v) is 6.99. The van der Waals surface area contributed by atoms with Crippen LogP contribution in [-0.2, 0) is 6.61 Å². The van der Waals surface area contributed by atoms with Gasteiger partial charge in [-0.25, -0.2) is 4.98 Å². The van der Waals surface area contributed by atoms with Crippen molar-refractivity contribution in [2.75, 3.05) is 6.54 Å². The maximum atomic E-state index is 12.8. The molecule has 144 valence electrons. The van der Waals surface area contributed by atoms with Crippen LogP contribution in [0.2, 0.25) is 0 Å². The van der Waals surface area contributed by atoms with Gasteiger partial charge in [-0.05, 0) is 36.2 Å². The van der Waals surface area contributed by atoms with Gasteiger partial charge in [0.05, 0.1) is 11.6 Å². The molecule has 0 aliphatic carbocycles. The molecule has 0 spiro atoms. The molecular formula is C23H19N3O3. The number of rotatable bonds is 5. The van der Waals surface area contributed by atoms with E-state index in [4.69, 9.17) is 9.15 Å². The maximum absolute atomic E-state index is 12.8. The van der Waals surface area contributed by atoms with Crippen molar-refractivity contribution in [1.29, 1.82) is 0 Å². The Bertz CT molecular complexity index is 1160. The van der Waals surface area contributed by atoms with Crippen LogP contribution < -0.4 is 4.74 Å². The zero-order valence-electron chi connectivity index (χ0n) is 15.7. The van der Waals surface area contributed by atoms with E-state index >= 15 is 0 Å². The van der Waals surface area contributed by atoms with E-state index < -0.39 is 0 Å². The zero-order chi connectivity index (χ0) is 19.6. The highest BCUT2D eigenvalue weighted by Gasteiger charge is 2.35. The number of hydrogen-bond donors (Lipinski definition) is 0. The Balaban J connectivity index is 1.25. The first-order valence-electron chi connectivity index (χ1n) is 9.56. The lowest BCUT2D eigenvalue weighted by atomic mass is 9.94. The van der Waals surface area contributed by atoms with Crippen LogP contribution >= 0.6 is 0 Å². The van der Waals surface area contributed by atoms with E-state index in [-0.39, 0.29) is 18.6 Å². The summed E-state index contributed by atoms with van der Waals surface area (Å²) in [5, 5.41) is 0.998. The summed E-state index contributed by atoms with van der Waals surface area (Å²) in [6.07, 6.45) is 4.13. The zero-order valence-corrected chi connectivity index (χ0v) is 15.7. The van der Waals surface area contributed by atoms with Gasteiger partial charge in [0.15, 0.2) is 12.3 Å². The minimum Gasteiger partial charge on any atom is -0.484 e. The normalized spacial score (nSPS) is 15.9. The molecule has 1 aliphatic rings. The van der Waals surface area contributed by atoms with Crippen LogP contribution in [0, 0.1) is 0 Å². The molecule has 0 radical (unpaired) electrons. The molecule has 6 heteroatoms. The van der Waals surface area contributed by atoms with E-state index in [1.807, 2.05) is 65.6 Å². The smallest absolute Gasteiger partial charge is 0.276 e. The van der Waals surface area contributed by atoms with E-state index in [0.717, 1.165) is 29.4 Å². The van der Waals surface area contributed by atoms with Gasteiger partial charge in [-0.1, -0.05) is 36.4 Å². The molecule has 1 fully saturated rings. The van der Waals surface area contributed by atoms with Gasteiger partial charge < -0.3 is 14.1 Å². The molecule has 0 bridgehead atoms. The Morgan fingerprint density at radius 2 is 2.03 bits per heavy atom. The molecule has 3 heterocycles. The highest BCUT2D eigenvalue weighted by atomic mass is 16.5. The number of ether oxygens (including phenoxy) is 1. The SMILES string of the molecule is O=C(c1coc(COc2ccc3ncccc3c2)n1)N1CCC1c1ccccc1. The van der Waals surface area contributed by atoms with Crippen LogP contribution in [0.3, 0.4) is 0 Å². The van der Waals surface area contributed by atoms with E-state index in [2.05, 4.69) is 9.97 Å². The molecular weight excluding hydrogens is 366 g/mol. The van der Waals surface area contributed by atoms with Crippen molar-refractivity contribution in [2.45, 2.75) is 19.1 Å². The van der Waals surface area contributed by atoms with Crippen LogP contribution in [0.4, 0.5) is 0 Å². The molecule has 1 saturated heterocycles. The van der Waals surface area contributed by atoms with Crippen LogP contribution in [0.1, 0.15) is 34.4 Å². The Morgan fingerprint density at radius 3 is 2.86 bits per heavy atom. The fourth-order valence-electron chi connectivity index (χ4n) is 3.56. The summed E-state index contributed by atoms with van der Waals surface area (Å²) in [4.78, 5) is 23.2. The lowest BCUT2D eigenvalue weighted by Gasteiger charge is -2.40. The number of likely N-dealkylation sites (tertiary alicyclic amines) is 1. The molecule has 1 unspecified atom stereocenters. The lowest BCUT2D eigenvalue weighted by molar-refractivity contribution is 0.0454. The Hall–Kier alpha value is -3.67. The number of pyridine rings is 1. The van der Waals surface area contributed by atoms with Crippen LogP contribution in [0.15, 0.2) is 77.5 Å². The summed E-state index contributed by atoms with van der Waals surface area (Å²) in [7, 11) is 0. The third kappa shape index (κ3) is 3.45. The van der Waals surface area contributed by atoms with Gasteiger partial charge >= 0.3 is 0 Å². The summed E-state index contributed by atoms with van der Waals surface area (Å²) < 4.78 is 11.2. The third-order valence-electron chi connectivity index (χ3n) is 5.17. The molecule has 29 heavy (non-hydrogen) atoms. The average Bonchev–Trinajstić information content (AvgIpc) is 3.21. The molecule has 2 aromatic carbocycles. The number of benzene rings is 2. The summed E-state index contributed by atoms with van der Waals surface area (Å²) in [6.45, 7) is 0.878. The minimum absolute atomic E-state index is 0.103. The Kier molecular flexibility index (Phi) is 4.44. The number of amides is 1. The molecule has 0 saturated carbocycles. The van der Waals surface area contributed by atoms with Gasteiger partial charge in [-0.15, -0.1) is 0 Å². The number of hydrogen-bond acceptors (Lipinski definition) is 5. The molecule has 6 nitrogen and oxygen atoms in total. The molecule has 2 aromatic heterocycles. The summed E-state index contributed by atoms with van der Waals surface area (Å²) in [5.41, 5.74) is 2.36. The Morgan fingerprint density at radius 1 is 1.14 bits per heavy atom. The van der Waals surface area contributed by atoms with Gasteiger partial charge in [0.2, 0.25) is 5.89 Å². The number of oxazole rings is 1. The number of carbonyl (C=O) groups excluding carboxylic acids is 1. The van der Waals surface area contributed by atoms with Crippen molar-refractivity contribution in [3.8, 4) is 5.75 Å². The fraction of sp³-hybridized carbons (Fsp3) is 0.174. The maximum Gasteiger partial charge on any atom is 0.276 e. The van der Waals surface area contributed by atoms with Crippen molar-refractivity contribution in [2.24, 2.45) is 0 Å². The van der Waals surface area contributed by atoms with E-state index in [9.17, 15) is 4.79 Å². The molecule has 1 aliphatic heterocycles. The van der Waals surface area contributed by atoms with Gasteiger partial charge in [0, 0.05) is 18.1 Å². The van der Waals surface area contributed by atoms with E-state index in [0.29, 0.717) is 17.3 Å². The standard InChI is InChI=1S/C23H19N3O3/c27-23(26-12-10-21(26)16-5-2-1-3-6-16)20-14-29-22(25-20)15-28-18-8-9-19-17(13-18)7-4-11-24-19/h1-9,11,13-14,21H,10,12,15H2. The van der Waals surface area contributed by atoms with Crippen LogP contribution in [0.25, 0.3) is 10.9 Å². The highest BCUT2D eigenvalue weighted by Crippen LogP contribution is 2.34. The number of nitrogens with zero attached hydrogens (tertiary/aromatic N) is 3. The van der Waals surface area contributed by atoms with Crippen LogP contribution in [-0.4, -0.2) is 27.3 Å². The predicted molar refractivity (Wildman–Crippen MR) is 107 cm³/mol. The fourth-order valence-corrected chi connectivity index (χ4v) is 3.56. The molecule has 1 amide bonds. The quantitative estimate of drug-likeness (QED) is 0.510. The first-order valence-corrected chi connectivity index (χ1v) is 9.56. The van der Waals surface area contributed by atoms with Gasteiger partial charge in [0.25, 0.3) is 5.91 Å². The molecule has 0 N–H and O–H groups in total. The van der Waals surface area contributed by atoms with E-state index in [1.165, 1.54) is 6.26 Å². The predicted octanol–water partition coefficient (Wildman–Crippen LogP) is 4.39. The Labute approximate surface area is 167 Å². The summed E-state index contributed by atoms with van der Waals surface area (Å²) >= 11 is 0. The number of aromatic nitrogens is 2. The largest absolute Gasteiger partial charge is 0.484 e. The summed E-state index contributed by atoms with van der Waals surface area (Å²) in [5.74, 6) is 0.955. The van der Waals surface area contributed by atoms with E-state index in [1.54, 1.807) is 6.20 Å².